The largest absolute Gasteiger partial charge is 0.298 e. The fourth-order valence-corrected chi connectivity index (χ4v) is 2.79. The number of aromatic nitrogens is 1. The molecule has 1 amide bonds. The van der Waals surface area contributed by atoms with Gasteiger partial charge in [0.25, 0.3) is 0 Å². The van der Waals surface area contributed by atoms with Crippen LogP contribution in [0.4, 0.5) is 9.52 Å². The van der Waals surface area contributed by atoms with Gasteiger partial charge >= 0.3 is 0 Å². The molecule has 0 aliphatic carbocycles. The standard InChI is InChI=1S/C19H12FN3OS/c20-16-8-6-15(7-9-16)17-12-25-19(22-17)23-18(24)10-5-13-1-3-14(11-21)4-2-13/h1-10,12H,(H,22,23,24)/b10-5+. The summed E-state index contributed by atoms with van der Waals surface area (Å²) in [5, 5.41) is 13.7. The Labute approximate surface area is 147 Å². The summed E-state index contributed by atoms with van der Waals surface area (Å²) in [5.41, 5.74) is 2.85. The van der Waals surface area contributed by atoms with Gasteiger partial charge in [-0.3, -0.25) is 10.1 Å². The molecule has 3 rings (SSSR count). The maximum Gasteiger partial charge on any atom is 0.250 e. The molecule has 0 radical (unpaired) electrons. The van der Waals surface area contributed by atoms with Gasteiger partial charge < -0.3 is 0 Å². The second-order valence-corrected chi connectivity index (χ2v) is 5.96. The van der Waals surface area contributed by atoms with Crippen molar-refractivity contribution in [1.29, 1.82) is 5.26 Å². The van der Waals surface area contributed by atoms with E-state index in [0.29, 0.717) is 16.4 Å². The van der Waals surface area contributed by atoms with Crippen molar-refractivity contribution in [3.05, 3.63) is 76.9 Å². The lowest BCUT2D eigenvalue weighted by Gasteiger charge is -1.98. The van der Waals surface area contributed by atoms with Crippen LogP contribution >= 0.6 is 11.3 Å². The van der Waals surface area contributed by atoms with Crippen molar-refractivity contribution in [2.45, 2.75) is 0 Å². The number of rotatable bonds is 4. The number of nitriles is 1. The Bertz CT molecular complexity index is 954. The summed E-state index contributed by atoms with van der Waals surface area (Å²) in [6.45, 7) is 0. The second kappa shape index (κ2) is 7.51. The third-order valence-electron chi connectivity index (χ3n) is 3.34. The van der Waals surface area contributed by atoms with Crippen LogP contribution in [0.25, 0.3) is 17.3 Å². The van der Waals surface area contributed by atoms with Crippen LogP contribution in [-0.4, -0.2) is 10.9 Å². The first-order valence-electron chi connectivity index (χ1n) is 7.35. The van der Waals surface area contributed by atoms with E-state index in [1.54, 1.807) is 47.9 Å². The quantitative estimate of drug-likeness (QED) is 0.707. The third-order valence-corrected chi connectivity index (χ3v) is 4.10. The van der Waals surface area contributed by atoms with Crippen LogP contribution in [0.15, 0.2) is 60.0 Å². The predicted octanol–water partition coefficient (Wildman–Crippen LogP) is 4.47. The Morgan fingerprint density at radius 1 is 1.16 bits per heavy atom. The molecule has 0 saturated carbocycles. The number of halogens is 1. The molecule has 0 aliphatic rings. The summed E-state index contributed by atoms with van der Waals surface area (Å²) >= 11 is 1.30. The Hall–Kier alpha value is -3.30. The summed E-state index contributed by atoms with van der Waals surface area (Å²) in [6, 6.07) is 15.0. The van der Waals surface area contributed by atoms with Gasteiger partial charge in [0, 0.05) is 17.0 Å². The van der Waals surface area contributed by atoms with E-state index in [-0.39, 0.29) is 11.7 Å². The van der Waals surface area contributed by atoms with Crippen molar-refractivity contribution in [2.75, 3.05) is 5.32 Å². The summed E-state index contributed by atoms with van der Waals surface area (Å²) in [7, 11) is 0. The van der Waals surface area contributed by atoms with Gasteiger partial charge in [0.05, 0.1) is 17.3 Å². The fourth-order valence-electron chi connectivity index (χ4n) is 2.07. The zero-order valence-electron chi connectivity index (χ0n) is 12.9. The van der Waals surface area contributed by atoms with Gasteiger partial charge in [-0.25, -0.2) is 9.37 Å². The van der Waals surface area contributed by atoms with E-state index in [4.69, 9.17) is 5.26 Å². The molecule has 1 N–H and O–H groups in total. The van der Waals surface area contributed by atoms with E-state index in [0.717, 1.165) is 11.1 Å². The highest BCUT2D eigenvalue weighted by molar-refractivity contribution is 7.14. The number of thiazole rings is 1. The topological polar surface area (TPSA) is 65.8 Å². The number of benzene rings is 2. The molecule has 122 valence electrons. The summed E-state index contributed by atoms with van der Waals surface area (Å²) in [4.78, 5) is 16.3. The number of hydrogen-bond donors (Lipinski definition) is 1. The first-order valence-corrected chi connectivity index (χ1v) is 8.23. The molecule has 0 aliphatic heterocycles. The third kappa shape index (κ3) is 4.37. The van der Waals surface area contributed by atoms with Gasteiger partial charge in [-0.2, -0.15) is 5.26 Å². The number of nitrogens with zero attached hydrogens (tertiary/aromatic N) is 2. The average Bonchev–Trinajstić information content (AvgIpc) is 3.09. The monoisotopic (exact) mass is 349 g/mol. The molecule has 2 aromatic carbocycles. The maximum atomic E-state index is 12.9. The van der Waals surface area contributed by atoms with Crippen LogP contribution in [0.1, 0.15) is 11.1 Å². The lowest BCUT2D eigenvalue weighted by molar-refractivity contribution is -0.111. The Morgan fingerprint density at radius 3 is 2.56 bits per heavy atom. The molecule has 3 aromatic rings. The fraction of sp³-hybridized carbons (Fsp3) is 0. The Morgan fingerprint density at radius 2 is 1.88 bits per heavy atom. The molecule has 0 fully saturated rings. The molecule has 0 unspecified atom stereocenters. The molecule has 4 nitrogen and oxygen atoms in total. The molecular formula is C19H12FN3OS. The maximum absolute atomic E-state index is 12.9. The van der Waals surface area contributed by atoms with Crippen LogP contribution in [0, 0.1) is 17.1 Å². The van der Waals surface area contributed by atoms with E-state index in [9.17, 15) is 9.18 Å². The lowest BCUT2D eigenvalue weighted by atomic mass is 10.1. The molecule has 0 atom stereocenters. The van der Waals surface area contributed by atoms with Gasteiger partial charge in [-0.1, -0.05) is 12.1 Å². The van der Waals surface area contributed by atoms with E-state index in [1.807, 2.05) is 6.07 Å². The van der Waals surface area contributed by atoms with E-state index in [2.05, 4.69) is 10.3 Å². The van der Waals surface area contributed by atoms with Gasteiger partial charge in [0.2, 0.25) is 5.91 Å². The zero-order chi connectivity index (χ0) is 17.6. The van der Waals surface area contributed by atoms with Crippen molar-refractivity contribution in [2.24, 2.45) is 0 Å². The molecule has 0 spiro atoms. The molecule has 0 saturated heterocycles. The summed E-state index contributed by atoms with van der Waals surface area (Å²) < 4.78 is 12.9. The van der Waals surface area contributed by atoms with E-state index >= 15 is 0 Å². The van der Waals surface area contributed by atoms with Crippen LogP contribution < -0.4 is 5.32 Å². The second-order valence-electron chi connectivity index (χ2n) is 5.10. The smallest absolute Gasteiger partial charge is 0.250 e. The van der Waals surface area contributed by atoms with E-state index in [1.165, 1.54) is 29.5 Å². The highest BCUT2D eigenvalue weighted by Gasteiger charge is 2.06. The first-order chi connectivity index (χ1) is 12.1. The van der Waals surface area contributed by atoms with Gasteiger partial charge in [-0.15, -0.1) is 11.3 Å². The van der Waals surface area contributed by atoms with Crippen molar-refractivity contribution >= 4 is 28.5 Å². The van der Waals surface area contributed by atoms with Crippen LogP contribution in [-0.2, 0) is 4.79 Å². The average molecular weight is 349 g/mol. The van der Waals surface area contributed by atoms with Crippen molar-refractivity contribution < 1.29 is 9.18 Å². The minimum absolute atomic E-state index is 0.302. The van der Waals surface area contributed by atoms with Gasteiger partial charge in [0.1, 0.15) is 5.82 Å². The number of nitrogens with one attached hydrogen (secondary N) is 1. The zero-order valence-corrected chi connectivity index (χ0v) is 13.8. The summed E-state index contributed by atoms with van der Waals surface area (Å²) in [6.07, 6.45) is 3.06. The molecular weight excluding hydrogens is 337 g/mol. The van der Waals surface area contributed by atoms with E-state index < -0.39 is 0 Å². The highest BCUT2D eigenvalue weighted by Crippen LogP contribution is 2.25. The lowest BCUT2D eigenvalue weighted by Crippen LogP contribution is -2.07. The van der Waals surface area contributed by atoms with Crippen LogP contribution in [0.2, 0.25) is 0 Å². The Balaban J connectivity index is 1.64. The minimum Gasteiger partial charge on any atom is -0.298 e. The molecule has 0 bridgehead atoms. The minimum atomic E-state index is -0.305. The number of carbonyl (C=O) groups excluding carboxylic acids is 1. The number of hydrogen-bond acceptors (Lipinski definition) is 4. The molecule has 6 heteroatoms. The van der Waals surface area contributed by atoms with Gasteiger partial charge in [0.15, 0.2) is 5.13 Å². The SMILES string of the molecule is N#Cc1ccc(/C=C/C(=O)Nc2nc(-c3ccc(F)cc3)cs2)cc1. The predicted molar refractivity (Wildman–Crippen MR) is 96.3 cm³/mol. The summed E-state index contributed by atoms with van der Waals surface area (Å²) in [5.74, 6) is -0.607. The normalized spacial score (nSPS) is 10.6. The highest BCUT2D eigenvalue weighted by atomic mass is 32.1. The van der Waals surface area contributed by atoms with Crippen LogP contribution in [0.5, 0.6) is 0 Å². The first kappa shape index (κ1) is 16.6. The molecule has 1 heterocycles. The number of amides is 1. The molecule has 1 aromatic heterocycles. The Kier molecular flexibility index (Phi) is 4.97. The van der Waals surface area contributed by atoms with Crippen molar-refractivity contribution in [1.82, 2.24) is 4.98 Å². The van der Waals surface area contributed by atoms with Gasteiger partial charge in [-0.05, 0) is 48.0 Å². The molecule has 25 heavy (non-hydrogen) atoms. The van der Waals surface area contributed by atoms with Crippen molar-refractivity contribution in [3.63, 3.8) is 0 Å². The number of carbonyl (C=O) groups is 1. The number of anilines is 1. The van der Waals surface area contributed by atoms with Crippen molar-refractivity contribution in [3.8, 4) is 17.3 Å². The van der Waals surface area contributed by atoms with Crippen LogP contribution in [0.3, 0.4) is 0 Å².